The number of nitriles is 1. The molecule has 1 aliphatic carbocycles. The zero-order valence-corrected chi connectivity index (χ0v) is 12.5. The number of hydrogen-bond donors (Lipinski definition) is 0. The Morgan fingerprint density at radius 3 is 2.40 bits per heavy atom. The largest absolute Gasteiger partial charge is 0.383 e. The van der Waals surface area contributed by atoms with Gasteiger partial charge < -0.3 is 4.90 Å². The first-order valence-corrected chi connectivity index (χ1v) is 6.78. The van der Waals surface area contributed by atoms with Gasteiger partial charge in [0.25, 0.3) is 0 Å². The van der Waals surface area contributed by atoms with E-state index in [1.54, 1.807) is 0 Å². The van der Waals surface area contributed by atoms with Gasteiger partial charge in [0.15, 0.2) is 5.78 Å². The molecule has 0 amide bonds. The van der Waals surface area contributed by atoms with E-state index in [9.17, 15) is 4.79 Å². The number of benzene rings is 1. The first-order valence-electron chi connectivity index (χ1n) is 6.78. The lowest BCUT2D eigenvalue weighted by molar-refractivity contribution is -0.121. The summed E-state index contributed by atoms with van der Waals surface area (Å²) in [5.74, 6) is 0.341. The molecule has 0 N–H and O–H groups in total. The normalized spacial score (nSPS) is 22.9. The maximum atomic E-state index is 12.5. The summed E-state index contributed by atoms with van der Waals surface area (Å²) in [6.07, 6.45) is 2.75. The lowest BCUT2D eigenvalue weighted by atomic mass is 9.88. The summed E-state index contributed by atoms with van der Waals surface area (Å²) >= 11 is 0. The Labute approximate surface area is 120 Å². The molecular formula is C17H20N2O. The predicted octanol–water partition coefficient (Wildman–Crippen LogP) is 3.09. The van der Waals surface area contributed by atoms with Gasteiger partial charge in [-0.3, -0.25) is 4.79 Å². The van der Waals surface area contributed by atoms with Gasteiger partial charge in [0.2, 0.25) is 0 Å². The number of nitrogens with zero attached hydrogens (tertiary/aromatic N) is 2. The average molecular weight is 268 g/mol. The minimum absolute atomic E-state index is 0.118. The van der Waals surface area contributed by atoms with Crippen LogP contribution in [0.3, 0.4) is 0 Å². The third kappa shape index (κ3) is 2.60. The highest BCUT2D eigenvalue weighted by molar-refractivity contribution is 6.03. The number of allylic oxidation sites excluding steroid dienone is 1. The van der Waals surface area contributed by atoms with Crippen LogP contribution in [0.25, 0.3) is 0 Å². The number of Topliss-reactive ketones (excluding diaryl/α,β-unsaturated/α-hetero) is 1. The van der Waals surface area contributed by atoms with Crippen molar-refractivity contribution in [3.05, 3.63) is 47.2 Å². The summed E-state index contributed by atoms with van der Waals surface area (Å²) in [5, 5.41) is 8.87. The number of hydrogen-bond acceptors (Lipinski definition) is 3. The monoisotopic (exact) mass is 268 g/mol. The van der Waals surface area contributed by atoms with Crippen LogP contribution in [0.15, 0.2) is 36.0 Å². The van der Waals surface area contributed by atoms with Gasteiger partial charge in [-0.1, -0.05) is 26.0 Å². The topological polar surface area (TPSA) is 44.1 Å². The second kappa shape index (κ2) is 5.13. The van der Waals surface area contributed by atoms with Crippen molar-refractivity contribution in [2.75, 3.05) is 14.1 Å². The maximum absolute atomic E-state index is 12.5. The van der Waals surface area contributed by atoms with Crippen molar-refractivity contribution in [3.8, 4) is 6.07 Å². The van der Waals surface area contributed by atoms with Gasteiger partial charge in [0, 0.05) is 37.2 Å². The van der Waals surface area contributed by atoms with Crippen LogP contribution >= 0.6 is 0 Å². The van der Waals surface area contributed by atoms with E-state index < -0.39 is 0 Å². The smallest absolute Gasteiger partial charge is 0.166 e. The molecule has 104 valence electrons. The average Bonchev–Trinajstić information content (AvgIpc) is 2.62. The number of carbonyl (C=O) groups is 1. The van der Waals surface area contributed by atoms with Crippen molar-refractivity contribution in [3.63, 3.8) is 0 Å². The van der Waals surface area contributed by atoms with Crippen LogP contribution in [0.1, 0.15) is 37.3 Å². The van der Waals surface area contributed by atoms with Crippen LogP contribution in [0, 0.1) is 16.7 Å². The van der Waals surface area contributed by atoms with Crippen LogP contribution < -0.4 is 0 Å². The first kappa shape index (κ1) is 14.3. The third-order valence-corrected chi connectivity index (χ3v) is 3.81. The molecule has 1 aromatic rings. The molecule has 0 aliphatic heterocycles. The molecule has 0 aromatic heterocycles. The van der Waals surface area contributed by atoms with Gasteiger partial charge >= 0.3 is 0 Å². The van der Waals surface area contributed by atoms with Crippen LogP contribution in [-0.2, 0) is 4.79 Å². The Balaban J connectivity index is 2.43. The minimum Gasteiger partial charge on any atom is -0.383 e. The third-order valence-electron chi connectivity index (χ3n) is 3.81. The van der Waals surface area contributed by atoms with E-state index in [4.69, 9.17) is 5.26 Å². The summed E-state index contributed by atoms with van der Waals surface area (Å²) in [6.45, 7) is 4.00. The Morgan fingerprint density at radius 2 is 1.90 bits per heavy atom. The molecule has 0 spiro atoms. The molecule has 2 rings (SSSR count). The second-order valence-electron chi connectivity index (χ2n) is 6.25. The zero-order valence-electron chi connectivity index (χ0n) is 12.5. The Morgan fingerprint density at radius 1 is 1.30 bits per heavy atom. The van der Waals surface area contributed by atoms with E-state index in [0.717, 1.165) is 17.6 Å². The fourth-order valence-electron chi connectivity index (χ4n) is 2.78. The highest BCUT2D eigenvalue weighted by Crippen LogP contribution is 2.47. The van der Waals surface area contributed by atoms with Crippen molar-refractivity contribution in [1.82, 2.24) is 4.90 Å². The van der Waals surface area contributed by atoms with E-state index in [-0.39, 0.29) is 17.1 Å². The first-order chi connectivity index (χ1) is 9.35. The Hall–Kier alpha value is -2.08. The molecule has 1 aromatic carbocycles. The fraction of sp³-hybridized carbons (Fsp3) is 0.412. The molecule has 0 saturated heterocycles. The number of carbonyl (C=O) groups excluding carboxylic acids is 1. The van der Waals surface area contributed by atoms with Crippen molar-refractivity contribution in [2.24, 2.45) is 5.41 Å². The van der Waals surface area contributed by atoms with Gasteiger partial charge in [-0.2, -0.15) is 5.26 Å². The summed E-state index contributed by atoms with van der Waals surface area (Å²) < 4.78 is 0. The van der Waals surface area contributed by atoms with Crippen LogP contribution in [0.5, 0.6) is 0 Å². The summed E-state index contributed by atoms with van der Waals surface area (Å²) in [7, 11) is 3.86. The summed E-state index contributed by atoms with van der Waals surface area (Å²) in [4.78, 5) is 14.4. The lowest BCUT2D eigenvalue weighted by Crippen LogP contribution is -2.18. The Kier molecular flexibility index (Phi) is 3.67. The summed E-state index contributed by atoms with van der Waals surface area (Å²) in [5.41, 5.74) is 2.30. The Bertz CT molecular complexity index is 588. The van der Waals surface area contributed by atoms with E-state index >= 15 is 0 Å². The molecular weight excluding hydrogens is 248 g/mol. The molecule has 1 fully saturated rings. The molecule has 0 unspecified atom stereocenters. The lowest BCUT2D eigenvalue weighted by Gasteiger charge is -2.15. The molecule has 3 heteroatoms. The van der Waals surface area contributed by atoms with Crippen LogP contribution in [-0.4, -0.2) is 24.8 Å². The molecule has 0 radical (unpaired) electrons. The van der Waals surface area contributed by atoms with Crippen molar-refractivity contribution < 1.29 is 4.79 Å². The summed E-state index contributed by atoms with van der Waals surface area (Å²) in [6, 6.07) is 9.68. The quantitative estimate of drug-likeness (QED) is 0.774. The zero-order chi connectivity index (χ0) is 14.9. The molecule has 1 aliphatic rings. The molecule has 3 nitrogen and oxygen atoms in total. The molecule has 0 bridgehead atoms. The highest BCUT2D eigenvalue weighted by Gasteiger charge is 2.43. The standard InChI is InChI=1S/C17H20N2O/c1-17(2)9-14(15(16(17)20)11-19(3)4)13-7-5-12(10-18)6-8-13/h5-8,11,14H,9H2,1-4H3/b15-11-/t14-/m1/s1. The van der Waals surface area contributed by atoms with Gasteiger partial charge in [-0.05, 0) is 24.1 Å². The molecule has 1 saturated carbocycles. The van der Waals surface area contributed by atoms with Crippen molar-refractivity contribution in [2.45, 2.75) is 26.2 Å². The van der Waals surface area contributed by atoms with Crippen LogP contribution in [0.2, 0.25) is 0 Å². The van der Waals surface area contributed by atoms with Gasteiger partial charge in [-0.25, -0.2) is 0 Å². The van der Waals surface area contributed by atoms with E-state index in [1.807, 2.05) is 63.3 Å². The maximum Gasteiger partial charge on any atom is 0.166 e. The van der Waals surface area contributed by atoms with Crippen molar-refractivity contribution >= 4 is 5.78 Å². The fourth-order valence-corrected chi connectivity index (χ4v) is 2.78. The van der Waals surface area contributed by atoms with Gasteiger partial charge in [0.05, 0.1) is 11.6 Å². The van der Waals surface area contributed by atoms with Crippen molar-refractivity contribution in [1.29, 1.82) is 5.26 Å². The van der Waals surface area contributed by atoms with E-state index in [2.05, 4.69) is 6.07 Å². The number of ketones is 1. The van der Waals surface area contributed by atoms with Gasteiger partial charge in [0.1, 0.15) is 0 Å². The molecule has 20 heavy (non-hydrogen) atoms. The SMILES string of the molecule is CN(C)/C=C1\C(=O)C(C)(C)C[C@@H]1c1ccc(C#N)cc1. The molecule has 0 heterocycles. The van der Waals surface area contributed by atoms with E-state index in [1.165, 1.54) is 0 Å². The van der Waals surface area contributed by atoms with Gasteiger partial charge in [-0.15, -0.1) is 0 Å². The van der Waals surface area contributed by atoms with Crippen LogP contribution in [0.4, 0.5) is 0 Å². The molecule has 1 atom stereocenters. The number of rotatable bonds is 2. The van der Waals surface area contributed by atoms with E-state index in [0.29, 0.717) is 5.56 Å². The minimum atomic E-state index is -0.319. The second-order valence-corrected chi connectivity index (χ2v) is 6.25. The highest BCUT2D eigenvalue weighted by atomic mass is 16.1. The predicted molar refractivity (Wildman–Crippen MR) is 79.1 cm³/mol.